The van der Waals surface area contributed by atoms with Crippen LogP contribution in [-0.2, 0) is 17.8 Å². The monoisotopic (exact) mass is 440 g/mol. The molecule has 0 unspecified atom stereocenters. The smallest absolute Gasteiger partial charge is 0.255 e. The van der Waals surface area contributed by atoms with Crippen LogP contribution >= 0.6 is 0 Å². The Hall–Kier alpha value is -4.13. The van der Waals surface area contributed by atoms with Gasteiger partial charge >= 0.3 is 0 Å². The van der Waals surface area contributed by atoms with Crippen molar-refractivity contribution in [3.8, 4) is 5.75 Å². The van der Waals surface area contributed by atoms with Crippen LogP contribution in [-0.4, -0.2) is 27.7 Å². The molecule has 33 heavy (non-hydrogen) atoms. The molecule has 166 valence electrons. The minimum Gasteiger partial charge on any atom is -0.487 e. The van der Waals surface area contributed by atoms with Gasteiger partial charge in [0, 0.05) is 42.8 Å². The molecule has 0 spiro atoms. The summed E-state index contributed by atoms with van der Waals surface area (Å²) in [6.07, 6.45) is 4.77. The fourth-order valence-corrected chi connectivity index (χ4v) is 4.09. The summed E-state index contributed by atoms with van der Waals surface area (Å²) >= 11 is 0. The number of hydrogen-bond donors (Lipinski definition) is 1. The lowest BCUT2D eigenvalue weighted by Crippen LogP contribution is -2.25. The molecule has 0 saturated carbocycles. The van der Waals surface area contributed by atoms with Gasteiger partial charge in [-0.05, 0) is 73.0 Å². The van der Waals surface area contributed by atoms with E-state index in [-0.39, 0.29) is 11.8 Å². The van der Waals surface area contributed by atoms with Gasteiger partial charge in [-0.15, -0.1) is 0 Å². The van der Waals surface area contributed by atoms with Crippen molar-refractivity contribution in [1.29, 1.82) is 0 Å². The van der Waals surface area contributed by atoms with E-state index >= 15 is 0 Å². The molecule has 1 N–H and O–H groups in total. The first-order valence-electron chi connectivity index (χ1n) is 10.9. The van der Waals surface area contributed by atoms with Gasteiger partial charge in [-0.25, -0.2) is 4.98 Å². The SMILES string of the molecule is CC(=O)N1CCc2cc(NC(=O)c3ccc(OCc4cn5cc(C)ccc5n4)cc3)ccc21. The van der Waals surface area contributed by atoms with Crippen LogP contribution in [0.1, 0.15) is 34.1 Å². The Balaban J connectivity index is 1.21. The molecule has 2 aromatic heterocycles. The zero-order chi connectivity index (χ0) is 22.9. The molecule has 4 aromatic rings. The van der Waals surface area contributed by atoms with Crippen LogP contribution in [0.4, 0.5) is 11.4 Å². The van der Waals surface area contributed by atoms with Gasteiger partial charge < -0.3 is 19.4 Å². The summed E-state index contributed by atoms with van der Waals surface area (Å²) in [5, 5.41) is 2.93. The van der Waals surface area contributed by atoms with E-state index in [1.54, 1.807) is 36.1 Å². The van der Waals surface area contributed by atoms with Crippen molar-refractivity contribution in [1.82, 2.24) is 9.38 Å². The lowest BCUT2D eigenvalue weighted by Gasteiger charge is -2.15. The average molecular weight is 441 g/mol. The summed E-state index contributed by atoms with van der Waals surface area (Å²) < 4.78 is 7.83. The Bertz CT molecular complexity index is 1360. The molecule has 0 aliphatic carbocycles. The number of nitrogens with zero attached hydrogens (tertiary/aromatic N) is 3. The number of nitrogens with one attached hydrogen (secondary N) is 1. The first kappa shape index (κ1) is 20.8. The number of amides is 2. The summed E-state index contributed by atoms with van der Waals surface area (Å²) in [5.41, 5.74) is 6.12. The van der Waals surface area contributed by atoms with Crippen LogP contribution in [0.25, 0.3) is 5.65 Å². The van der Waals surface area contributed by atoms with Gasteiger partial charge in [0.2, 0.25) is 5.91 Å². The number of rotatable bonds is 5. The maximum Gasteiger partial charge on any atom is 0.255 e. The van der Waals surface area contributed by atoms with Crippen molar-refractivity contribution >= 4 is 28.8 Å². The molecule has 2 aromatic carbocycles. The molecule has 5 rings (SSSR count). The molecule has 0 bridgehead atoms. The lowest BCUT2D eigenvalue weighted by molar-refractivity contribution is -0.116. The van der Waals surface area contributed by atoms with E-state index in [2.05, 4.69) is 10.3 Å². The Kier molecular flexibility index (Phi) is 5.30. The van der Waals surface area contributed by atoms with Gasteiger partial charge in [-0.1, -0.05) is 6.07 Å². The Labute approximate surface area is 191 Å². The van der Waals surface area contributed by atoms with Crippen LogP contribution in [0.2, 0.25) is 0 Å². The molecule has 2 amide bonds. The molecule has 0 fully saturated rings. The second-order valence-electron chi connectivity index (χ2n) is 8.24. The van der Waals surface area contributed by atoms with Crippen molar-refractivity contribution in [3.05, 3.63) is 89.4 Å². The highest BCUT2D eigenvalue weighted by Crippen LogP contribution is 2.30. The van der Waals surface area contributed by atoms with E-state index < -0.39 is 0 Å². The molecular weight excluding hydrogens is 416 g/mol. The highest BCUT2D eigenvalue weighted by molar-refractivity contribution is 6.04. The molecule has 1 aliphatic heterocycles. The highest BCUT2D eigenvalue weighted by Gasteiger charge is 2.22. The van der Waals surface area contributed by atoms with Gasteiger partial charge in [0.25, 0.3) is 5.91 Å². The van der Waals surface area contributed by atoms with Crippen LogP contribution in [0, 0.1) is 6.92 Å². The number of carbonyl (C=O) groups is 2. The van der Waals surface area contributed by atoms with Crippen LogP contribution in [0.3, 0.4) is 0 Å². The predicted molar refractivity (Wildman–Crippen MR) is 127 cm³/mol. The van der Waals surface area contributed by atoms with Crippen molar-refractivity contribution in [2.24, 2.45) is 0 Å². The Morgan fingerprint density at radius 2 is 1.88 bits per heavy atom. The number of pyridine rings is 1. The lowest BCUT2D eigenvalue weighted by atomic mass is 10.1. The topological polar surface area (TPSA) is 75.9 Å². The number of aromatic nitrogens is 2. The second-order valence-corrected chi connectivity index (χ2v) is 8.24. The molecule has 7 heteroatoms. The van der Waals surface area contributed by atoms with E-state index in [0.29, 0.717) is 30.2 Å². The third kappa shape index (κ3) is 4.30. The summed E-state index contributed by atoms with van der Waals surface area (Å²) in [5.74, 6) is 0.504. The fourth-order valence-electron chi connectivity index (χ4n) is 4.09. The maximum absolute atomic E-state index is 12.7. The molecule has 0 atom stereocenters. The minimum absolute atomic E-state index is 0.0316. The number of imidazole rings is 1. The number of hydrogen-bond acceptors (Lipinski definition) is 4. The van der Waals surface area contributed by atoms with Gasteiger partial charge in [0.05, 0.1) is 5.69 Å². The van der Waals surface area contributed by atoms with Crippen molar-refractivity contribution in [2.45, 2.75) is 26.9 Å². The van der Waals surface area contributed by atoms with E-state index in [1.807, 2.05) is 54.0 Å². The number of carbonyl (C=O) groups excluding carboxylic acids is 2. The molecule has 0 saturated heterocycles. The fraction of sp³-hybridized carbons (Fsp3) is 0.192. The zero-order valence-electron chi connectivity index (χ0n) is 18.5. The zero-order valence-corrected chi connectivity index (χ0v) is 18.5. The van der Waals surface area contributed by atoms with E-state index in [9.17, 15) is 9.59 Å². The summed E-state index contributed by atoms with van der Waals surface area (Å²) in [7, 11) is 0. The Morgan fingerprint density at radius 1 is 1.06 bits per heavy atom. The summed E-state index contributed by atoms with van der Waals surface area (Å²) in [4.78, 5) is 30.7. The van der Waals surface area contributed by atoms with Gasteiger partial charge in [-0.3, -0.25) is 9.59 Å². The first-order valence-corrected chi connectivity index (χ1v) is 10.9. The van der Waals surface area contributed by atoms with Crippen molar-refractivity contribution in [3.63, 3.8) is 0 Å². The first-order chi connectivity index (χ1) is 16.0. The Morgan fingerprint density at radius 3 is 2.67 bits per heavy atom. The number of aryl methyl sites for hydroxylation is 1. The average Bonchev–Trinajstić information content (AvgIpc) is 3.41. The largest absolute Gasteiger partial charge is 0.487 e. The molecular formula is C26H24N4O3. The standard InChI is InChI=1S/C26H24N4O3/c1-17-3-10-25-27-22(15-29(25)14-17)16-33-23-7-4-19(5-8-23)26(32)28-21-6-9-24-20(13-21)11-12-30(24)18(2)31/h3-10,13-15H,11-12,16H2,1-2H3,(H,28,32). The molecule has 1 aliphatic rings. The number of ether oxygens (including phenoxy) is 1. The third-order valence-corrected chi connectivity index (χ3v) is 5.77. The van der Waals surface area contributed by atoms with E-state index in [4.69, 9.17) is 4.74 Å². The number of anilines is 2. The van der Waals surface area contributed by atoms with Crippen LogP contribution < -0.4 is 15.0 Å². The quantitative estimate of drug-likeness (QED) is 0.500. The molecule has 3 heterocycles. The molecule has 7 nitrogen and oxygen atoms in total. The normalized spacial score (nSPS) is 12.6. The molecule has 0 radical (unpaired) electrons. The number of fused-ring (bicyclic) bond motifs is 2. The predicted octanol–water partition coefficient (Wildman–Crippen LogP) is 4.38. The maximum atomic E-state index is 12.7. The summed E-state index contributed by atoms with van der Waals surface area (Å²) in [6.45, 7) is 4.63. The van der Waals surface area contributed by atoms with Gasteiger partial charge in [0.15, 0.2) is 0 Å². The second kappa shape index (κ2) is 8.43. The van der Waals surface area contributed by atoms with Crippen LogP contribution in [0.5, 0.6) is 5.75 Å². The van der Waals surface area contributed by atoms with Crippen LogP contribution in [0.15, 0.2) is 67.0 Å². The van der Waals surface area contributed by atoms with Crippen molar-refractivity contribution < 1.29 is 14.3 Å². The number of benzene rings is 2. The minimum atomic E-state index is -0.196. The van der Waals surface area contributed by atoms with E-state index in [1.165, 1.54) is 5.56 Å². The third-order valence-electron chi connectivity index (χ3n) is 5.77. The van der Waals surface area contributed by atoms with Crippen molar-refractivity contribution in [2.75, 3.05) is 16.8 Å². The van der Waals surface area contributed by atoms with Gasteiger partial charge in [-0.2, -0.15) is 0 Å². The highest BCUT2D eigenvalue weighted by atomic mass is 16.5. The summed E-state index contributed by atoms with van der Waals surface area (Å²) in [6, 6.07) is 16.7. The van der Waals surface area contributed by atoms with E-state index in [0.717, 1.165) is 29.0 Å². The van der Waals surface area contributed by atoms with Gasteiger partial charge in [0.1, 0.15) is 18.0 Å².